The van der Waals surface area contributed by atoms with E-state index in [4.69, 9.17) is 0 Å². The fraction of sp³-hybridized carbons (Fsp3) is 0.385. The van der Waals surface area contributed by atoms with Crippen LogP contribution in [0.4, 0.5) is 5.69 Å². The molecule has 1 aliphatic rings. The maximum Gasteiger partial charge on any atom is 0.227 e. The number of aliphatic carboxylic acids is 1. The highest BCUT2D eigenvalue weighted by atomic mass is 16.4. The van der Waals surface area contributed by atoms with E-state index in [-0.39, 0.29) is 18.9 Å². The van der Waals surface area contributed by atoms with Crippen molar-refractivity contribution >= 4 is 17.6 Å². The Morgan fingerprint density at radius 1 is 1.41 bits per heavy atom. The van der Waals surface area contributed by atoms with Crippen LogP contribution < -0.4 is 10.0 Å². The quantitative estimate of drug-likeness (QED) is 0.741. The number of benzene rings is 1. The molecule has 1 amide bonds. The highest BCUT2D eigenvalue weighted by Crippen LogP contribution is 2.28. The van der Waals surface area contributed by atoms with Crippen molar-refractivity contribution in [2.45, 2.75) is 20.3 Å². The van der Waals surface area contributed by atoms with Crippen molar-refractivity contribution in [1.29, 1.82) is 0 Å². The Morgan fingerprint density at radius 3 is 2.65 bits per heavy atom. The minimum absolute atomic E-state index is 0.0374. The normalized spacial score (nSPS) is 19.8. The summed E-state index contributed by atoms with van der Waals surface area (Å²) in [6.07, 6.45) is 0.0374. The monoisotopic (exact) mass is 232 g/mol. The van der Waals surface area contributed by atoms with Crippen LogP contribution in [0.15, 0.2) is 18.2 Å². The number of rotatable bonds is 2. The molecule has 0 bridgehead atoms. The SMILES string of the molecule is Cc1ccc(N2C[C@H](C(=O)[O-])CC2=O)c(C)c1. The van der Waals surface area contributed by atoms with E-state index in [1.54, 1.807) is 0 Å². The van der Waals surface area contributed by atoms with Gasteiger partial charge in [0.1, 0.15) is 0 Å². The van der Waals surface area contributed by atoms with Crippen LogP contribution in [0.2, 0.25) is 0 Å². The van der Waals surface area contributed by atoms with Crippen LogP contribution in [0.1, 0.15) is 17.5 Å². The minimum atomic E-state index is -1.15. The molecular formula is C13H14NO3-. The first-order valence-electron chi connectivity index (χ1n) is 5.57. The number of nitrogens with zero attached hydrogens (tertiary/aromatic N) is 1. The summed E-state index contributed by atoms with van der Waals surface area (Å²) < 4.78 is 0. The van der Waals surface area contributed by atoms with Gasteiger partial charge < -0.3 is 14.8 Å². The Labute approximate surface area is 99.9 Å². The molecule has 4 heteroatoms. The van der Waals surface area contributed by atoms with Crippen LogP contribution in [0, 0.1) is 19.8 Å². The van der Waals surface area contributed by atoms with Crippen molar-refractivity contribution in [1.82, 2.24) is 0 Å². The van der Waals surface area contributed by atoms with Gasteiger partial charge in [-0.3, -0.25) is 4.79 Å². The molecule has 0 saturated carbocycles. The Morgan fingerprint density at radius 2 is 2.12 bits per heavy atom. The van der Waals surface area contributed by atoms with Gasteiger partial charge in [-0.1, -0.05) is 17.7 Å². The van der Waals surface area contributed by atoms with Gasteiger partial charge in [0.25, 0.3) is 0 Å². The molecule has 0 aromatic heterocycles. The second-order valence-corrected chi connectivity index (χ2v) is 4.51. The van der Waals surface area contributed by atoms with Gasteiger partial charge >= 0.3 is 0 Å². The molecule has 0 aliphatic carbocycles. The predicted octanol–water partition coefficient (Wildman–Crippen LogP) is 0.406. The summed E-state index contributed by atoms with van der Waals surface area (Å²) in [5, 5.41) is 10.8. The molecule has 0 N–H and O–H groups in total. The third kappa shape index (κ3) is 2.16. The molecule has 0 radical (unpaired) electrons. The topological polar surface area (TPSA) is 60.4 Å². The second kappa shape index (κ2) is 4.20. The van der Waals surface area contributed by atoms with E-state index in [2.05, 4.69) is 0 Å². The van der Waals surface area contributed by atoms with Gasteiger partial charge in [0.2, 0.25) is 5.91 Å². The Balaban J connectivity index is 2.29. The average Bonchev–Trinajstić information content (AvgIpc) is 2.61. The van der Waals surface area contributed by atoms with E-state index in [1.807, 2.05) is 32.0 Å². The molecule has 1 atom stereocenters. The van der Waals surface area contributed by atoms with Gasteiger partial charge in [-0.25, -0.2) is 0 Å². The van der Waals surface area contributed by atoms with E-state index in [9.17, 15) is 14.7 Å². The van der Waals surface area contributed by atoms with Gasteiger partial charge in [0.15, 0.2) is 0 Å². The zero-order chi connectivity index (χ0) is 12.6. The van der Waals surface area contributed by atoms with Gasteiger partial charge in [-0.15, -0.1) is 0 Å². The maximum atomic E-state index is 11.8. The van der Waals surface area contributed by atoms with Crippen LogP contribution in [-0.4, -0.2) is 18.4 Å². The average molecular weight is 232 g/mol. The predicted molar refractivity (Wildman–Crippen MR) is 61.4 cm³/mol. The number of carbonyl (C=O) groups is 2. The molecule has 1 fully saturated rings. The largest absolute Gasteiger partial charge is 0.550 e. The first-order valence-corrected chi connectivity index (χ1v) is 5.57. The maximum absolute atomic E-state index is 11.8. The molecule has 90 valence electrons. The van der Waals surface area contributed by atoms with E-state index in [0.29, 0.717) is 0 Å². The van der Waals surface area contributed by atoms with Crippen molar-refractivity contribution in [3.05, 3.63) is 29.3 Å². The molecule has 1 aliphatic heterocycles. The van der Waals surface area contributed by atoms with Crippen LogP contribution in [0.5, 0.6) is 0 Å². The molecule has 0 unspecified atom stereocenters. The van der Waals surface area contributed by atoms with Crippen LogP contribution in [0.3, 0.4) is 0 Å². The van der Waals surface area contributed by atoms with Crippen LogP contribution in [0.25, 0.3) is 0 Å². The summed E-state index contributed by atoms with van der Waals surface area (Å²) in [5.74, 6) is -1.99. The number of carbonyl (C=O) groups excluding carboxylic acids is 2. The lowest BCUT2D eigenvalue weighted by Crippen LogP contribution is -2.33. The molecule has 0 spiro atoms. The molecule has 2 rings (SSSR count). The molecule has 17 heavy (non-hydrogen) atoms. The van der Waals surface area contributed by atoms with E-state index in [1.165, 1.54) is 4.90 Å². The van der Waals surface area contributed by atoms with Crippen molar-refractivity contribution < 1.29 is 14.7 Å². The lowest BCUT2D eigenvalue weighted by molar-refractivity contribution is -0.310. The lowest BCUT2D eigenvalue weighted by Gasteiger charge is -2.19. The molecule has 1 saturated heterocycles. The highest BCUT2D eigenvalue weighted by Gasteiger charge is 2.31. The Kier molecular flexibility index (Phi) is 2.88. The van der Waals surface area contributed by atoms with Crippen molar-refractivity contribution in [3.63, 3.8) is 0 Å². The van der Waals surface area contributed by atoms with Gasteiger partial charge in [0.05, 0.1) is 0 Å². The standard InChI is InChI=1S/C13H15NO3/c1-8-3-4-11(9(2)5-8)14-7-10(13(16)17)6-12(14)15/h3-5,10H,6-7H2,1-2H3,(H,16,17)/p-1/t10-/m1/s1. The van der Waals surface area contributed by atoms with E-state index < -0.39 is 11.9 Å². The van der Waals surface area contributed by atoms with Gasteiger partial charge in [-0.2, -0.15) is 0 Å². The third-order valence-electron chi connectivity index (χ3n) is 3.10. The van der Waals surface area contributed by atoms with Gasteiger partial charge in [0, 0.05) is 30.5 Å². The fourth-order valence-corrected chi connectivity index (χ4v) is 2.21. The minimum Gasteiger partial charge on any atom is -0.550 e. The zero-order valence-electron chi connectivity index (χ0n) is 9.90. The van der Waals surface area contributed by atoms with Crippen molar-refractivity contribution in [3.8, 4) is 0 Å². The number of carboxylic acid groups (broad SMARTS) is 1. The fourth-order valence-electron chi connectivity index (χ4n) is 2.21. The molecular weight excluding hydrogens is 218 g/mol. The lowest BCUT2D eigenvalue weighted by atomic mass is 10.1. The first-order chi connectivity index (χ1) is 7.99. The summed E-state index contributed by atoms with van der Waals surface area (Å²) >= 11 is 0. The summed E-state index contributed by atoms with van der Waals surface area (Å²) in [7, 11) is 0. The highest BCUT2D eigenvalue weighted by molar-refractivity contribution is 5.99. The number of aryl methyl sites for hydroxylation is 2. The molecule has 4 nitrogen and oxygen atoms in total. The summed E-state index contributed by atoms with van der Waals surface area (Å²) in [6.45, 7) is 4.11. The summed E-state index contributed by atoms with van der Waals surface area (Å²) in [5.41, 5.74) is 2.90. The van der Waals surface area contributed by atoms with Crippen LogP contribution in [-0.2, 0) is 9.59 Å². The number of amides is 1. The molecule has 1 heterocycles. The number of hydrogen-bond acceptors (Lipinski definition) is 3. The second-order valence-electron chi connectivity index (χ2n) is 4.51. The van der Waals surface area contributed by atoms with Crippen LogP contribution >= 0.6 is 0 Å². The van der Waals surface area contributed by atoms with E-state index in [0.717, 1.165) is 16.8 Å². The number of carboxylic acids is 1. The zero-order valence-corrected chi connectivity index (χ0v) is 9.90. The smallest absolute Gasteiger partial charge is 0.227 e. The summed E-state index contributed by atoms with van der Waals surface area (Å²) in [6, 6.07) is 5.76. The van der Waals surface area contributed by atoms with Crippen molar-refractivity contribution in [2.24, 2.45) is 5.92 Å². The Hall–Kier alpha value is -1.84. The number of anilines is 1. The first kappa shape index (κ1) is 11.6. The third-order valence-corrected chi connectivity index (χ3v) is 3.10. The number of hydrogen-bond donors (Lipinski definition) is 0. The Bertz CT molecular complexity index is 482. The van der Waals surface area contributed by atoms with E-state index >= 15 is 0 Å². The molecule has 1 aromatic carbocycles. The van der Waals surface area contributed by atoms with Gasteiger partial charge in [-0.05, 0) is 25.5 Å². The molecule has 1 aromatic rings. The summed E-state index contributed by atoms with van der Waals surface area (Å²) in [4.78, 5) is 24.1. The van der Waals surface area contributed by atoms with Crippen molar-refractivity contribution in [2.75, 3.05) is 11.4 Å².